The van der Waals surface area contributed by atoms with Crippen LogP contribution in [0.2, 0.25) is 0 Å². The Bertz CT molecular complexity index is 1080. The molecule has 1 aliphatic heterocycles. The van der Waals surface area contributed by atoms with Crippen LogP contribution in [0.15, 0.2) is 36.5 Å². The summed E-state index contributed by atoms with van der Waals surface area (Å²) < 4.78 is 5.09. The molecule has 1 N–H and O–H groups in total. The molecule has 8 nitrogen and oxygen atoms in total. The number of esters is 1. The van der Waals surface area contributed by atoms with Gasteiger partial charge in [0.15, 0.2) is 10.9 Å². The van der Waals surface area contributed by atoms with Crippen molar-refractivity contribution in [2.45, 2.75) is 26.8 Å². The van der Waals surface area contributed by atoms with Gasteiger partial charge in [-0.3, -0.25) is 4.79 Å². The Balaban J connectivity index is 1.53. The van der Waals surface area contributed by atoms with Crippen LogP contribution in [-0.2, 0) is 17.7 Å². The van der Waals surface area contributed by atoms with Gasteiger partial charge in [-0.05, 0) is 26.0 Å². The van der Waals surface area contributed by atoms with E-state index >= 15 is 0 Å². The van der Waals surface area contributed by atoms with E-state index in [1.165, 1.54) is 17.5 Å². The van der Waals surface area contributed by atoms with Crippen LogP contribution in [0.25, 0.3) is 0 Å². The summed E-state index contributed by atoms with van der Waals surface area (Å²) in [5.41, 5.74) is 1.90. The highest BCUT2D eigenvalue weighted by Crippen LogP contribution is 2.31. The van der Waals surface area contributed by atoms with Gasteiger partial charge in [0.25, 0.3) is 5.91 Å². The van der Waals surface area contributed by atoms with E-state index < -0.39 is 5.97 Å². The van der Waals surface area contributed by atoms with Crippen molar-refractivity contribution in [2.75, 3.05) is 18.5 Å². The fourth-order valence-electron chi connectivity index (χ4n) is 3.21. The molecule has 154 valence electrons. The first-order chi connectivity index (χ1) is 14.5. The van der Waals surface area contributed by atoms with Gasteiger partial charge in [0.1, 0.15) is 11.4 Å². The smallest absolute Gasteiger partial charge is 0.343 e. The molecule has 0 radical (unpaired) electrons. The highest BCUT2D eigenvalue weighted by atomic mass is 32.1. The van der Waals surface area contributed by atoms with E-state index in [0.717, 1.165) is 10.6 Å². The fourth-order valence-corrected chi connectivity index (χ4v) is 4.23. The van der Waals surface area contributed by atoms with E-state index in [2.05, 4.69) is 20.3 Å². The van der Waals surface area contributed by atoms with E-state index in [1.807, 2.05) is 35.2 Å². The molecule has 30 heavy (non-hydrogen) atoms. The molecule has 1 aromatic carbocycles. The van der Waals surface area contributed by atoms with Crippen LogP contribution < -0.4 is 5.32 Å². The molecular weight excluding hydrogens is 402 g/mol. The minimum atomic E-state index is -0.485. The molecule has 0 aliphatic carbocycles. The largest absolute Gasteiger partial charge is 0.462 e. The number of benzene rings is 1. The predicted octanol–water partition coefficient (Wildman–Crippen LogP) is 3.36. The molecule has 3 aromatic rings. The maximum atomic E-state index is 12.8. The summed E-state index contributed by atoms with van der Waals surface area (Å²) in [5.74, 6) is 0.428. The maximum Gasteiger partial charge on any atom is 0.343 e. The average molecular weight is 423 g/mol. The zero-order valence-electron chi connectivity index (χ0n) is 16.7. The van der Waals surface area contributed by atoms with Crippen LogP contribution in [-0.4, -0.2) is 44.9 Å². The number of rotatable bonds is 5. The Morgan fingerprint density at radius 2 is 2.03 bits per heavy atom. The molecule has 0 atom stereocenters. The number of hydrogen-bond donors (Lipinski definition) is 1. The van der Waals surface area contributed by atoms with Gasteiger partial charge in [-0.15, -0.1) is 0 Å². The number of aromatic nitrogens is 3. The molecule has 2 aromatic heterocycles. The van der Waals surface area contributed by atoms with Crippen molar-refractivity contribution in [3.63, 3.8) is 0 Å². The number of carbonyl (C=O) groups excluding carboxylic acids is 2. The monoisotopic (exact) mass is 423 g/mol. The summed E-state index contributed by atoms with van der Waals surface area (Å²) in [6.07, 6.45) is 2.13. The van der Waals surface area contributed by atoms with Gasteiger partial charge in [0, 0.05) is 29.6 Å². The van der Waals surface area contributed by atoms with Crippen LogP contribution in [0, 0.1) is 6.92 Å². The van der Waals surface area contributed by atoms with Crippen LogP contribution in [0.1, 0.15) is 44.0 Å². The molecule has 1 amide bonds. The number of thiazole rings is 1. The predicted molar refractivity (Wildman–Crippen MR) is 113 cm³/mol. The van der Waals surface area contributed by atoms with Crippen molar-refractivity contribution in [1.82, 2.24) is 19.9 Å². The van der Waals surface area contributed by atoms with Crippen molar-refractivity contribution in [1.29, 1.82) is 0 Å². The first kappa shape index (κ1) is 20.0. The van der Waals surface area contributed by atoms with Gasteiger partial charge in [0.05, 0.1) is 18.8 Å². The second-order valence-electron chi connectivity index (χ2n) is 6.76. The molecule has 0 saturated heterocycles. The van der Waals surface area contributed by atoms with Crippen LogP contribution in [0.4, 0.5) is 10.9 Å². The number of nitrogens with zero attached hydrogens (tertiary/aromatic N) is 4. The van der Waals surface area contributed by atoms with Crippen LogP contribution >= 0.6 is 11.3 Å². The quantitative estimate of drug-likeness (QED) is 0.629. The third-order valence-corrected chi connectivity index (χ3v) is 5.67. The Morgan fingerprint density at radius 1 is 1.23 bits per heavy atom. The summed E-state index contributed by atoms with van der Waals surface area (Å²) in [4.78, 5) is 40.9. The number of amides is 1. The third-order valence-electron chi connectivity index (χ3n) is 4.67. The Hall–Kier alpha value is -3.33. The van der Waals surface area contributed by atoms with Crippen LogP contribution in [0.5, 0.6) is 0 Å². The zero-order chi connectivity index (χ0) is 21.1. The summed E-state index contributed by atoms with van der Waals surface area (Å²) in [5, 5.41) is 3.76. The van der Waals surface area contributed by atoms with Crippen molar-refractivity contribution in [2.24, 2.45) is 0 Å². The third kappa shape index (κ3) is 4.16. The molecular formula is C21H21N5O3S. The number of nitrogens with one attached hydrogen (secondary N) is 1. The lowest BCUT2D eigenvalue weighted by atomic mass is 10.1. The van der Waals surface area contributed by atoms with Crippen LogP contribution in [0.3, 0.4) is 0 Å². The summed E-state index contributed by atoms with van der Waals surface area (Å²) >= 11 is 1.46. The average Bonchev–Trinajstić information content (AvgIpc) is 3.15. The van der Waals surface area contributed by atoms with E-state index in [4.69, 9.17) is 4.74 Å². The second-order valence-corrected chi connectivity index (χ2v) is 7.84. The molecule has 0 spiro atoms. The SMILES string of the molecule is CCOC(=O)c1cnc(C)nc1Nc1nc2c(s1)CN(C(=O)c1ccccc1)CC2. The normalized spacial score (nSPS) is 12.9. The van der Waals surface area contributed by atoms with E-state index in [-0.39, 0.29) is 18.1 Å². The topological polar surface area (TPSA) is 97.3 Å². The molecule has 1 aliphatic rings. The number of anilines is 2. The van der Waals surface area contributed by atoms with Gasteiger partial charge in [-0.25, -0.2) is 19.7 Å². The van der Waals surface area contributed by atoms with E-state index in [1.54, 1.807) is 13.8 Å². The number of aryl methyl sites for hydroxylation is 1. The minimum absolute atomic E-state index is 0.0141. The number of fused-ring (bicyclic) bond motifs is 1. The maximum absolute atomic E-state index is 12.8. The Labute approximate surface area is 178 Å². The van der Waals surface area contributed by atoms with E-state index in [9.17, 15) is 9.59 Å². The van der Waals surface area contributed by atoms with Crippen molar-refractivity contribution in [3.8, 4) is 0 Å². The molecule has 4 rings (SSSR count). The van der Waals surface area contributed by atoms with Gasteiger partial charge in [-0.1, -0.05) is 29.5 Å². The van der Waals surface area contributed by atoms with Gasteiger partial charge in [0.2, 0.25) is 0 Å². The van der Waals surface area contributed by atoms with Crippen molar-refractivity contribution in [3.05, 3.63) is 64.1 Å². The number of hydrogen-bond acceptors (Lipinski definition) is 8. The summed E-state index contributed by atoms with van der Waals surface area (Å²) in [6.45, 7) is 4.89. The number of ether oxygens (including phenoxy) is 1. The molecule has 0 bridgehead atoms. The van der Waals surface area contributed by atoms with Gasteiger partial charge >= 0.3 is 5.97 Å². The molecule has 0 unspecified atom stereocenters. The summed E-state index contributed by atoms with van der Waals surface area (Å²) in [6, 6.07) is 9.27. The lowest BCUT2D eigenvalue weighted by molar-refractivity contribution is 0.0526. The molecule has 0 saturated carbocycles. The van der Waals surface area contributed by atoms with E-state index in [0.29, 0.717) is 41.8 Å². The fraction of sp³-hybridized carbons (Fsp3) is 0.286. The van der Waals surface area contributed by atoms with Crippen molar-refractivity contribution < 1.29 is 14.3 Å². The minimum Gasteiger partial charge on any atom is -0.462 e. The first-order valence-corrected chi connectivity index (χ1v) is 10.5. The lowest BCUT2D eigenvalue weighted by Crippen LogP contribution is -2.35. The first-order valence-electron chi connectivity index (χ1n) is 9.66. The Morgan fingerprint density at radius 3 is 2.80 bits per heavy atom. The highest BCUT2D eigenvalue weighted by Gasteiger charge is 2.25. The van der Waals surface area contributed by atoms with Crippen molar-refractivity contribution >= 4 is 34.2 Å². The second kappa shape index (κ2) is 8.58. The molecule has 0 fully saturated rings. The van der Waals surface area contributed by atoms with Gasteiger partial charge < -0.3 is 15.0 Å². The lowest BCUT2D eigenvalue weighted by Gasteiger charge is -2.26. The zero-order valence-corrected chi connectivity index (χ0v) is 17.5. The Kier molecular flexibility index (Phi) is 5.71. The highest BCUT2D eigenvalue weighted by molar-refractivity contribution is 7.15. The molecule has 3 heterocycles. The molecule has 9 heteroatoms. The standard InChI is InChI=1S/C21H21N5O3S/c1-3-29-20(28)15-11-22-13(2)23-18(15)25-21-24-16-9-10-26(12-17(16)30-21)19(27)14-7-5-4-6-8-14/h4-8,11H,3,9-10,12H2,1-2H3,(H,22,23,24,25). The summed E-state index contributed by atoms with van der Waals surface area (Å²) in [7, 11) is 0. The van der Waals surface area contributed by atoms with Gasteiger partial charge in [-0.2, -0.15) is 0 Å². The number of carbonyl (C=O) groups is 2.